The van der Waals surface area contributed by atoms with E-state index < -0.39 is 6.10 Å². The van der Waals surface area contributed by atoms with Gasteiger partial charge in [0, 0.05) is 24.1 Å². The number of aliphatic hydroxyl groups is 1. The maximum Gasteiger partial charge on any atom is 0.287 e. The van der Waals surface area contributed by atoms with Gasteiger partial charge in [-0.15, -0.1) is 0 Å². The number of nitrogens with one attached hydrogen (secondary N) is 1. The highest BCUT2D eigenvalue weighted by molar-refractivity contribution is 5.93. The molecule has 0 radical (unpaired) electrons. The molecule has 1 heterocycles. The third-order valence-corrected chi connectivity index (χ3v) is 3.53. The van der Waals surface area contributed by atoms with Gasteiger partial charge in [0.15, 0.2) is 5.76 Å². The topological polar surface area (TPSA) is 62.5 Å². The van der Waals surface area contributed by atoms with Crippen molar-refractivity contribution in [3.8, 4) is 0 Å². The summed E-state index contributed by atoms with van der Waals surface area (Å²) in [4.78, 5) is 11.9. The van der Waals surface area contributed by atoms with Crippen LogP contribution in [0.5, 0.6) is 0 Å². The van der Waals surface area contributed by atoms with Gasteiger partial charge in [-0.05, 0) is 25.7 Å². The average molecular weight is 251 g/mol. The van der Waals surface area contributed by atoms with Crippen molar-refractivity contribution in [2.75, 3.05) is 6.54 Å². The summed E-state index contributed by atoms with van der Waals surface area (Å²) in [5.74, 6) is 0.908. The number of carbonyl (C=O) groups is 1. The zero-order valence-corrected chi connectivity index (χ0v) is 11.5. The van der Waals surface area contributed by atoms with Gasteiger partial charge >= 0.3 is 0 Å². The Morgan fingerprint density at radius 3 is 2.83 bits per heavy atom. The Labute approximate surface area is 107 Å². The van der Waals surface area contributed by atoms with E-state index in [2.05, 4.69) is 19.2 Å². The van der Waals surface area contributed by atoms with Crippen molar-refractivity contribution < 1.29 is 14.3 Å². The molecular formula is C14H21NO3. The number of hydrogen-bond donors (Lipinski definition) is 2. The predicted molar refractivity (Wildman–Crippen MR) is 68.5 cm³/mol. The number of aliphatic hydroxyl groups excluding tert-OH is 1. The van der Waals surface area contributed by atoms with Crippen molar-refractivity contribution >= 4 is 5.91 Å². The minimum atomic E-state index is -0.532. The van der Waals surface area contributed by atoms with Crippen LogP contribution in [0.15, 0.2) is 4.42 Å². The third-order valence-electron chi connectivity index (χ3n) is 3.53. The number of hydrogen-bond acceptors (Lipinski definition) is 3. The van der Waals surface area contributed by atoms with Gasteiger partial charge in [0.1, 0.15) is 5.76 Å². The molecule has 0 saturated heterocycles. The molecule has 0 bridgehead atoms. The van der Waals surface area contributed by atoms with E-state index >= 15 is 0 Å². The van der Waals surface area contributed by atoms with Gasteiger partial charge in [-0.3, -0.25) is 4.79 Å². The molecule has 4 heteroatoms. The lowest BCUT2D eigenvalue weighted by atomic mass is 9.75. The number of amides is 1. The van der Waals surface area contributed by atoms with E-state index in [1.54, 1.807) is 0 Å². The summed E-state index contributed by atoms with van der Waals surface area (Å²) < 4.78 is 5.69. The highest BCUT2D eigenvalue weighted by Gasteiger charge is 2.36. The quantitative estimate of drug-likeness (QED) is 0.848. The van der Waals surface area contributed by atoms with E-state index in [1.165, 1.54) is 0 Å². The molecule has 1 aromatic heterocycles. The van der Waals surface area contributed by atoms with Gasteiger partial charge in [-0.1, -0.05) is 13.8 Å². The lowest BCUT2D eigenvalue weighted by Gasteiger charge is -2.31. The Morgan fingerprint density at radius 1 is 1.56 bits per heavy atom. The van der Waals surface area contributed by atoms with Gasteiger partial charge < -0.3 is 14.8 Å². The van der Waals surface area contributed by atoms with E-state index in [4.69, 9.17) is 4.42 Å². The fourth-order valence-electron chi connectivity index (χ4n) is 2.74. The van der Waals surface area contributed by atoms with Crippen LogP contribution in [-0.2, 0) is 6.42 Å². The molecule has 1 amide bonds. The molecule has 1 aromatic rings. The monoisotopic (exact) mass is 251 g/mol. The highest BCUT2D eigenvalue weighted by atomic mass is 16.4. The average Bonchev–Trinajstić information content (AvgIpc) is 2.54. The maximum atomic E-state index is 11.9. The third kappa shape index (κ3) is 2.17. The SMILES string of the molecule is CCNC(=O)c1oc2c(c1C)[C@H](O)CC(C)(C)C2. The summed E-state index contributed by atoms with van der Waals surface area (Å²) in [7, 11) is 0. The van der Waals surface area contributed by atoms with Crippen molar-refractivity contribution in [2.24, 2.45) is 5.41 Å². The molecule has 1 aliphatic carbocycles. The molecular weight excluding hydrogens is 230 g/mol. The Balaban J connectivity index is 2.42. The Bertz CT molecular complexity index is 474. The van der Waals surface area contributed by atoms with Crippen molar-refractivity contribution in [1.29, 1.82) is 0 Å². The molecule has 0 unspecified atom stereocenters. The first kappa shape index (κ1) is 13.1. The first-order valence-electron chi connectivity index (χ1n) is 6.44. The largest absolute Gasteiger partial charge is 0.455 e. The van der Waals surface area contributed by atoms with Crippen LogP contribution in [0.1, 0.15) is 60.7 Å². The molecule has 4 nitrogen and oxygen atoms in total. The molecule has 2 N–H and O–H groups in total. The molecule has 1 aliphatic rings. The molecule has 0 saturated carbocycles. The number of fused-ring (bicyclic) bond motifs is 1. The lowest BCUT2D eigenvalue weighted by molar-refractivity contribution is 0.0886. The fraction of sp³-hybridized carbons (Fsp3) is 0.643. The van der Waals surface area contributed by atoms with Crippen molar-refractivity contribution in [3.05, 3.63) is 22.6 Å². The highest BCUT2D eigenvalue weighted by Crippen LogP contribution is 2.43. The van der Waals surface area contributed by atoms with Gasteiger partial charge in [0.2, 0.25) is 0 Å². The van der Waals surface area contributed by atoms with Crippen LogP contribution >= 0.6 is 0 Å². The first-order valence-corrected chi connectivity index (χ1v) is 6.44. The molecule has 2 rings (SSSR count). The van der Waals surface area contributed by atoms with E-state index in [9.17, 15) is 9.90 Å². The summed E-state index contributed by atoms with van der Waals surface area (Å²) >= 11 is 0. The molecule has 1 atom stereocenters. The molecule has 0 fully saturated rings. The van der Waals surface area contributed by atoms with E-state index in [0.29, 0.717) is 18.7 Å². The van der Waals surface area contributed by atoms with Crippen LogP contribution in [0.2, 0.25) is 0 Å². The van der Waals surface area contributed by atoms with Gasteiger partial charge in [-0.25, -0.2) is 0 Å². The normalized spacial score (nSPS) is 21.5. The minimum absolute atomic E-state index is 0.00914. The van der Waals surface area contributed by atoms with Crippen LogP contribution in [0.25, 0.3) is 0 Å². The van der Waals surface area contributed by atoms with Crippen molar-refractivity contribution in [3.63, 3.8) is 0 Å². The zero-order valence-electron chi connectivity index (χ0n) is 11.5. The summed E-state index contributed by atoms with van der Waals surface area (Å²) in [6, 6.07) is 0. The van der Waals surface area contributed by atoms with Crippen molar-refractivity contribution in [1.82, 2.24) is 5.32 Å². The summed E-state index contributed by atoms with van der Waals surface area (Å²) in [5, 5.41) is 12.9. The Morgan fingerprint density at radius 2 is 2.22 bits per heavy atom. The van der Waals surface area contributed by atoms with Gasteiger partial charge in [0.05, 0.1) is 6.10 Å². The maximum absolute atomic E-state index is 11.9. The van der Waals surface area contributed by atoms with E-state index in [0.717, 1.165) is 23.3 Å². The Hall–Kier alpha value is -1.29. The summed E-state index contributed by atoms with van der Waals surface area (Å²) in [6.07, 6.45) is 0.935. The minimum Gasteiger partial charge on any atom is -0.455 e. The lowest BCUT2D eigenvalue weighted by Crippen LogP contribution is -2.25. The molecule has 100 valence electrons. The zero-order chi connectivity index (χ0) is 13.5. The Kier molecular flexibility index (Phi) is 3.23. The number of furan rings is 1. The van der Waals surface area contributed by atoms with Crippen LogP contribution in [0.4, 0.5) is 0 Å². The second-order valence-corrected chi connectivity index (χ2v) is 5.81. The molecule has 18 heavy (non-hydrogen) atoms. The summed E-state index contributed by atoms with van der Waals surface area (Å²) in [6.45, 7) is 8.48. The molecule has 0 aliphatic heterocycles. The smallest absolute Gasteiger partial charge is 0.287 e. The summed E-state index contributed by atoms with van der Waals surface area (Å²) in [5.41, 5.74) is 1.60. The van der Waals surface area contributed by atoms with Crippen LogP contribution in [0.3, 0.4) is 0 Å². The van der Waals surface area contributed by atoms with Gasteiger partial charge in [0.25, 0.3) is 5.91 Å². The van der Waals surface area contributed by atoms with Gasteiger partial charge in [-0.2, -0.15) is 0 Å². The standard InChI is InChI=1S/C14H21NO3/c1-5-15-13(17)12-8(2)11-9(16)6-14(3,4)7-10(11)18-12/h9,16H,5-7H2,1-4H3,(H,15,17)/t9-/m1/s1. The molecule has 0 spiro atoms. The van der Waals surface area contributed by atoms with E-state index in [-0.39, 0.29) is 11.3 Å². The number of carbonyl (C=O) groups excluding carboxylic acids is 1. The first-order chi connectivity index (χ1) is 8.35. The second kappa shape index (κ2) is 4.43. The van der Waals surface area contributed by atoms with Crippen LogP contribution < -0.4 is 5.32 Å². The second-order valence-electron chi connectivity index (χ2n) is 5.81. The fourth-order valence-corrected chi connectivity index (χ4v) is 2.74. The molecule has 0 aromatic carbocycles. The van der Waals surface area contributed by atoms with Crippen LogP contribution in [0, 0.1) is 12.3 Å². The van der Waals surface area contributed by atoms with Crippen molar-refractivity contribution in [2.45, 2.75) is 46.6 Å². The van der Waals surface area contributed by atoms with E-state index in [1.807, 2.05) is 13.8 Å². The van der Waals surface area contributed by atoms with Crippen LogP contribution in [-0.4, -0.2) is 17.6 Å². The predicted octanol–water partition coefficient (Wildman–Crippen LogP) is 2.34. The number of rotatable bonds is 2.